The number of benzene rings is 2. The fourth-order valence-electron chi connectivity index (χ4n) is 2.29. The first kappa shape index (κ1) is 21.6. The van der Waals surface area contributed by atoms with Crippen LogP contribution < -0.4 is 10.5 Å². The zero-order valence-corrected chi connectivity index (χ0v) is 18.9. The van der Waals surface area contributed by atoms with Crippen molar-refractivity contribution in [3.63, 3.8) is 0 Å². The summed E-state index contributed by atoms with van der Waals surface area (Å²) in [4.78, 5) is 0. The topological polar surface area (TPSA) is 44.5 Å². The lowest BCUT2D eigenvalue weighted by molar-refractivity contribution is 0.223. The van der Waals surface area contributed by atoms with E-state index in [-0.39, 0.29) is 0 Å². The van der Waals surface area contributed by atoms with Gasteiger partial charge in [-0.15, -0.1) is 0 Å². The number of rotatable bonds is 8. The Labute approximate surface area is 180 Å². The Morgan fingerprint density at radius 3 is 2.38 bits per heavy atom. The lowest BCUT2D eigenvalue weighted by atomic mass is 10.1. The number of halogens is 4. The standard InChI is InChI=1S/C19H19Br2Cl2NO2/c1-2-25-14(5-6-24)7-13-8-15(20)19(16(21)9-13)26-11-12-3-4-17(22)18(23)10-12/h3-4,7-10H,2,5-6,11,24H2,1H3. The van der Waals surface area contributed by atoms with Gasteiger partial charge in [0.2, 0.25) is 0 Å². The van der Waals surface area contributed by atoms with Crippen molar-refractivity contribution in [1.29, 1.82) is 0 Å². The second kappa shape index (κ2) is 10.6. The van der Waals surface area contributed by atoms with Crippen LogP contribution >= 0.6 is 55.1 Å². The highest BCUT2D eigenvalue weighted by molar-refractivity contribution is 9.11. The third-order valence-corrected chi connectivity index (χ3v) is 5.35. The lowest BCUT2D eigenvalue weighted by Gasteiger charge is -2.13. The van der Waals surface area contributed by atoms with Crippen molar-refractivity contribution in [3.8, 4) is 5.75 Å². The molecule has 7 heteroatoms. The molecule has 2 rings (SSSR count). The largest absolute Gasteiger partial charge is 0.498 e. The van der Waals surface area contributed by atoms with Crippen molar-refractivity contribution < 1.29 is 9.47 Å². The van der Waals surface area contributed by atoms with Crippen molar-refractivity contribution >= 4 is 61.1 Å². The molecule has 0 fully saturated rings. The summed E-state index contributed by atoms with van der Waals surface area (Å²) in [6, 6.07) is 9.39. The van der Waals surface area contributed by atoms with Crippen molar-refractivity contribution in [2.24, 2.45) is 5.73 Å². The lowest BCUT2D eigenvalue weighted by Crippen LogP contribution is -2.03. The molecule has 0 spiro atoms. The first-order valence-corrected chi connectivity index (χ1v) is 10.4. The second-order valence-electron chi connectivity index (χ2n) is 5.43. The maximum Gasteiger partial charge on any atom is 0.148 e. The molecule has 3 nitrogen and oxygen atoms in total. The molecule has 0 bridgehead atoms. The number of hydrogen-bond donors (Lipinski definition) is 1. The summed E-state index contributed by atoms with van der Waals surface area (Å²) < 4.78 is 13.2. The summed E-state index contributed by atoms with van der Waals surface area (Å²) in [5.74, 6) is 1.57. The van der Waals surface area contributed by atoms with Gasteiger partial charge in [0, 0.05) is 6.42 Å². The predicted octanol–water partition coefficient (Wildman–Crippen LogP) is 6.82. The van der Waals surface area contributed by atoms with Gasteiger partial charge < -0.3 is 15.2 Å². The maximum absolute atomic E-state index is 6.05. The molecule has 2 aromatic rings. The Bertz CT molecular complexity index is 766. The van der Waals surface area contributed by atoms with Crippen LogP contribution in [0.15, 0.2) is 45.0 Å². The van der Waals surface area contributed by atoms with Crippen LogP contribution in [0.25, 0.3) is 6.08 Å². The minimum absolute atomic E-state index is 0.376. The van der Waals surface area contributed by atoms with Crippen LogP contribution in [0.5, 0.6) is 5.75 Å². The Morgan fingerprint density at radius 1 is 1.12 bits per heavy atom. The van der Waals surface area contributed by atoms with Gasteiger partial charge in [-0.05, 0) is 86.8 Å². The molecule has 140 valence electrons. The highest BCUT2D eigenvalue weighted by atomic mass is 79.9. The van der Waals surface area contributed by atoms with Gasteiger partial charge in [-0.3, -0.25) is 0 Å². The predicted molar refractivity (Wildman–Crippen MR) is 116 cm³/mol. The van der Waals surface area contributed by atoms with Gasteiger partial charge in [-0.1, -0.05) is 29.3 Å². The number of ether oxygens (including phenoxy) is 2. The molecule has 0 aromatic heterocycles. The molecular formula is C19H19Br2Cl2NO2. The van der Waals surface area contributed by atoms with Crippen LogP contribution in [0.3, 0.4) is 0 Å². The summed E-state index contributed by atoms with van der Waals surface area (Å²) in [7, 11) is 0. The molecule has 2 aromatic carbocycles. The molecule has 0 radical (unpaired) electrons. The first-order valence-electron chi connectivity index (χ1n) is 8.03. The van der Waals surface area contributed by atoms with Crippen molar-refractivity contribution in [1.82, 2.24) is 0 Å². The van der Waals surface area contributed by atoms with Gasteiger partial charge in [-0.25, -0.2) is 0 Å². The van der Waals surface area contributed by atoms with E-state index < -0.39 is 0 Å². The van der Waals surface area contributed by atoms with Gasteiger partial charge in [0.15, 0.2) is 0 Å². The van der Waals surface area contributed by atoms with Crippen molar-refractivity contribution in [2.75, 3.05) is 13.2 Å². The normalized spacial score (nSPS) is 11.5. The third kappa shape index (κ3) is 6.17. The molecule has 0 aliphatic rings. The number of hydrogen-bond acceptors (Lipinski definition) is 3. The highest BCUT2D eigenvalue weighted by Gasteiger charge is 2.10. The van der Waals surface area contributed by atoms with E-state index in [9.17, 15) is 0 Å². The van der Waals surface area contributed by atoms with E-state index in [1.807, 2.05) is 31.2 Å². The van der Waals surface area contributed by atoms with E-state index in [1.54, 1.807) is 12.1 Å². The summed E-state index contributed by atoms with van der Waals surface area (Å²) >= 11 is 19.1. The minimum atomic E-state index is 0.376. The number of nitrogens with two attached hydrogens (primary N) is 1. The van der Waals surface area contributed by atoms with Crippen molar-refractivity contribution in [2.45, 2.75) is 20.0 Å². The summed E-state index contributed by atoms with van der Waals surface area (Å²) in [6.45, 7) is 3.48. The van der Waals surface area contributed by atoms with Crippen LogP contribution in [-0.4, -0.2) is 13.2 Å². The van der Waals surface area contributed by atoms with Gasteiger partial charge in [0.05, 0.1) is 31.4 Å². The Balaban J connectivity index is 2.18. The molecule has 0 heterocycles. The molecule has 0 unspecified atom stereocenters. The SMILES string of the molecule is CCOC(=Cc1cc(Br)c(OCc2ccc(Cl)c(Cl)c2)c(Br)c1)CCN. The van der Waals surface area contributed by atoms with Crippen LogP contribution in [-0.2, 0) is 11.3 Å². The average molecular weight is 524 g/mol. The van der Waals surface area contributed by atoms with E-state index in [1.165, 1.54) is 0 Å². The minimum Gasteiger partial charge on any atom is -0.498 e. The molecule has 0 saturated heterocycles. The zero-order chi connectivity index (χ0) is 19.1. The van der Waals surface area contributed by atoms with E-state index in [4.69, 9.17) is 38.4 Å². The zero-order valence-electron chi connectivity index (χ0n) is 14.2. The maximum atomic E-state index is 6.05. The quantitative estimate of drug-likeness (QED) is 0.386. The van der Waals surface area contributed by atoms with E-state index in [0.717, 1.165) is 25.8 Å². The second-order valence-corrected chi connectivity index (χ2v) is 7.96. The third-order valence-electron chi connectivity index (χ3n) is 3.44. The molecule has 26 heavy (non-hydrogen) atoms. The Kier molecular flexibility index (Phi) is 8.77. The molecule has 0 aliphatic heterocycles. The van der Waals surface area contributed by atoms with E-state index >= 15 is 0 Å². The molecule has 2 N–H and O–H groups in total. The molecule has 0 aliphatic carbocycles. The van der Waals surface area contributed by atoms with Gasteiger partial charge >= 0.3 is 0 Å². The smallest absolute Gasteiger partial charge is 0.148 e. The van der Waals surface area contributed by atoms with Crippen LogP contribution in [0.2, 0.25) is 10.0 Å². The molecule has 0 atom stereocenters. The van der Waals surface area contributed by atoms with E-state index in [2.05, 4.69) is 31.9 Å². The van der Waals surface area contributed by atoms with Gasteiger partial charge in [0.25, 0.3) is 0 Å². The first-order chi connectivity index (χ1) is 12.4. The van der Waals surface area contributed by atoms with Crippen molar-refractivity contribution in [3.05, 3.63) is 66.2 Å². The fourth-order valence-corrected chi connectivity index (χ4v) is 4.06. The van der Waals surface area contributed by atoms with E-state index in [0.29, 0.717) is 42.0 Å². The molecule has 0 saturated carbocycles. The Hall–Kier alpha value is -0.720. The molecular weight excluding hydrogens is 505 g/mol. The van der Waals surface area contributed by atoms with Crippen LogP contribution in [0.1, 0.15) is 24.5 Å². The van der Waals surface area contributed by atoms with Gasteiger partial charge in [0.1, 0.15) is 12.4 Å². The summed E-state index contributed by atoms with van der Waals surface area (Å²) in [6.07, 6.45) is 2.67. The summed E-state index contributed by atoms with van der Waals surface area (Å²) in [5.41, 5.74) is 7.56. The summed E-state index contributed by atoms with van der Waals surface area (Å²) in [5, 5.41) is 1.03. The highest BCUT2D eigenvalue weighted by Crippen LogP contribution is 2.36. The monoisotopic (exact) mass is 521 g/mol. The van der Waals surface area contributed by atoms with Crippen LogP contribution in [0.4, 0.5) is 0 Å². The fraction of sp³-hybridized carbons (Fsp3) is 0.263. The Morgan fingerprint density at radius 2 is 1.81 bits per heavy atom. The average Bonchev–Trinajstić information content (AvgIpc) is 2.57. The van der Waals surface area contributed by atoms with Crippen LogP contribution in [0, 0.1) is 0 Å². The molecule has 0 amide bonds. The van der Waals surface area contributed by atoms with Gasteiger partial charge in [-0.2, -0.15) is 0 Å².